The van der Waals surface area contributed by atoms with Crippen molar-refractivity contribution < 1.29 is 4.79 Å². The zero-order chi connectivity index (χ0) is 14.6. The van der Waals surface area contributed by atoms with Gasteiger partial charge in [-0.3, -0.25) is 4.79 Å². The Morgan fingerprint density at radius 3 is 2.58 bits per heavy atom. The summed E-state index contributed by atoms with van der Waals surface area (Å²) in [7, 11) is 0. The lowest BCUT2D eigenvalue weighted by molar-refractivity contribution is -0.130. The molecule has 4 heteroatoms. The molecule has 0 saturated heterocycles. The van der Waals surface area contributed by atoms with Crippen molar-refractivity contribution in [3.63, 3.8) is 0 Å². The van der Waals surface area contributed by atoms with E-state index in [2.05, 4.69) is 33.0 Å². The lowest BCUT2D eigenvalue weighted by Crippen LogP contribution is -2.35. The molecule has 0 fully saturated rings. The van der Waals surface area contributed by atoms with Crippen molar-refractivity contribution in [2.24, 2.45) is 17.6 Å². The minimum Gasteiger partial charge on any atom is -0.330 e. The van der Waals surface area contributed by atoms with Crippen molar-refractivity contribution in [2.75, 3.05) is 19.6 Å². The van der Waals surface area contributed by atoms with E-state index in [1.807, 2.05) is 11.8 Å². The van der Waals surface area contributed by atoms with Crippen LogP contribution in [0.5, 0.6) is 0 Å². The highest BCUT2D eigenvalue weighted by Crippen LogP contribution is 2.31. The molecule has 1 heterocycles. The largest absolute Gasteiger partial charge is 0.330 e. The topological polar surface area (TPSA) is 58.4 Å². The predicted octanol–water partition coefficient (Wildman–Crippen LogP) is 1.72. The van der Waals surface area contributed by atoms with Crippen LogP contribution in [0.4, 0.5) is 0 Å². The summed E-state index contributed by atoms with van der Waals surface area (Å²) in [6.45, 7) is 12.9. The van der Waals surface area contributed by atoms with Gasteiger partial charge in [0.25, 0.3) is 0 Å². The third kappa shape index (κ3) is 3.57. The van der Waals surface area contributed by atoms with Crippen molar-refractivity contribution in [3.05, 3.63) is 11.3 Å². The first-order valence-corrected chi connectivity index (χ1v) is 7.39. The van der Waals surface area contributed by atoms with E-state index in [-0.39, 0.29) is 17.9 Å². The zero-order valence-electron chi connectivity index (χ0n) is 13.0. The molecule has 0 bridgehead atoms. The summed E-state index contributed by atoms with van der Waals surface area (Å²) < 4.78 is 0. The first-order chi connectivity index (χ1) is 8.93. The molecule has 1 amide bonds. The third-order valence-corrected chi connectivity index (χ3v) is 4.01. The maximum absolute atomic E-state index is 12.3. The van der Waals surface area contributed by atoms with Gasteiger partial charge in [0.2, 0.25) is 5.91 Å². The number of carbonyl (C=O) groups is 1. The van der Waals surface area contributed by atoms with Gasteiger partial charge in [-0.25, -0.2) is 0 Å². The van der Waals surface area contributed by atoms with Crippen LogP contribution in [0, 0.1) is 11.8 Å². The Kier molecular flexibility index (Phi) is 6.01. The Bertz CT molecular complexity index is 351. The summed E-state index contributed by atoms with van der Waals surface area (Å²) >= 11 is 0. The summed E-state index contributed by atoms with van der Waals surface area (Å²) in [6.07, 6.45) is 0.995. The summed E-state index contributed by atoms with van der Waals surface area (Å²) in [5, 5.41) is 3.50. The number of nitrogens with two attached hydrogens (primary N) is 1. The third-order valence-electron chi connectivity index (χ3n) is 4.01. The number of nitrogens with zero attached hydrogens (tertiary/aromatic N) is 1. The Hall–Kier alpha value is -0.870. The van der Waals surface area contributed by atoms with Crippen molar-refractivity contribution in [3.8, 4) is 0 Å². The number of hydrogen-bond donors (Lipinski definition) is 2. The minimum absolute atomic E-state index is 0.00207. The first-order valence-electron chi connectivity index (χ1n) is 7.39. The molecule has 0 radical (unpaired) electrons. The molecule has 3 unspecified atom stereocenters. The van der Waals surface area contributed by atoms with E-state index >= 15 is 0 Å². The van der Waals surface area contributed by atoms with Crippen LogP contribution in [0.3, 0.4) is 0 Å². The molecular formula is C15H29N3O. The van der Waals surface area contributed by atoms with Crippen LogP contribution >= 0.6 is 0 Å². The normalized spacial score (nSPS) is 23.2. The van der Waals surface area contributed by atoms with E-state index in [1.54, 1.807) is 0 Å². The maximum atomic E-state index is 12.3. The minimum atomic E-state index is 0.00207. The van der Waals surface area contributed by atoms with Crippen LogP contribution in [0.2, 0.25) is 0 Å². The van der Waals surface area contributed by atoms with E-state index in [1.165, 1.54) is 5.57 Å². The average Bonchev–Trinajstić information content (AvgIpc) is 2.60. The van der Waals surface area contributed by atoms with Crippen molar-refractivity contribution >= 4 is 5.91 Å². The highest BCUT2D eigenvalue weighted by Gasteiger charge is 2.36. The monoisotopic (exact) mass is 267 g/mol. The van der Waals surface area contributed by atoms with E-state index in [0.717, 1.165) is 25.2 Å². The standard InChI is InChI=1S/C15H29N3O/c1-6-7-18-13(5)14(11(3)15(18)19)12(4)17-9-10(2)8-16/h10-12,17H,6-9,16H2,1-5H3. The van der Waals surface area contributed by atoms with Gasteiger partial charge in [-0.15, -0.1) is 0 Å². The lowest BCUT2D eigenvalue weighted by Gasteiger charge is -2.21. The van der Waals surface area contributed by atoms with Crippen LogP contribution in [-0.2, 0) is 4.79 Å². The van der Waals surface area contributed by atoms with Gasteiger partial charge in [0.1, 0.15) is 0 Å². The number of allylic oxidation sites excluding steroid dienone is 1. The van der Waals surface area contributed by atoms with Gasteiger partial charge < -0.3 is 16.0 Å². The predicted molar refractivity (Wildman–Crippen MR) is 79.6 cm³/mol. The fraction of sp³-hybridized carbons (Fsp3) is 0.800. The second-order valence-electron chi connectivity index (χ2n) is 5.72. The van der Waals surface area contributed by atoms with Gasteiger partial charge in [0.05, 0.1) is 5.92 Å². The lowest BCUT2D eigenvalue weighted by atomic mass is 9.95. The second-order valence-corrected chi connectivity index (χ2v) is 5.72. The van der Waals surface area contributed by atoms with Crippen LogP contribution in [-0.4, -0.2) is 36.5 Å². The van der Waals surface area contributed by atoms with Gasteiger partial charge in [-0.2, -0.15) is 0 Å². The molecule has 0 aromatic rings. The summed E-state index contributed by atoms with van der Waals surface area (Å²) in [5.74, 6) is 0.708. The first kappa shape index (κ1) is 16.2. The molecule has 110 valence electrons. The molecule has 3 N–H and O–H groups in total. The van der Waals surface area contributed by atoms with Crippen molar-refractivity contribution in [1.29, 1.82) is 0 Å². The molecule has 0 aromatic carbocycles. The molecule has 3 atom stereocenters. The van der Waals surface area contributed by atoms with Crippen molar-refractivity contribution in [1.82, 2.24) is 10.2 Å². The van der Waals surface area contributed by atoms with Gasteiger partial charge in [-0.05, 0) is 51.8 Å². The molecule has 0 saturated carbocycles. The zero-order valence-corrected chi connectivity index (χ0v) is 13.0. The second kappa shape index (κ2) is 7.06. The highest BCUT2D eigenvalue weighted by atomic mass is 16.2. The average molecular weight is 267 g/mol. The molecule has 0 aliphatic carbocycles. The number of nitrogens with one attached hydrogen (secondary N) is 1. The summed E-state index contributed by atoms with van der Waals surface area (Å²) in [4.78, 5) is 14.2. The molecule has 19 heavy (non-hydrogen) atoms. The van der Waals surface area contributed by atoms with E-state index in [0.29, 0.717) is 12.5 Å². The Labute approximate surface area is 117 Å². The van der Waals surface area contributed by atoms with E-state index < -0.39 is 0 Å². The van der Waals surface area contributed by atoms with Gasteiger partial charge in [0, 0.05) is 18.3 Å². The molecule has 0 aromatic heterocycles. The molecular weight excluding hydrogens is 238 g/mol. The molecule has 1 rings (SSSR count). The van der Waals surface area contributed by atoms with Gasteiger partial charge in [-0.1, -0.05) is 13.8 Å². The Morgan fingerprint density at radius 2 is 2.05 bits per heavy atom. The summed E-state index contributed by atoms with van der Waals surface area (Å²) in [6, 6.07) is 0.231. The van der Waals surface area contributed by atoms with Crippen LogP contribution in [0.1, 0.15) is 41.0 Å². The number of rotatable bonds is 7. The molecule has 1 aliphatic heterocycles. The molecule has 0 spiro atoms. The maximum Gasteiger partial charge on any atom is 0.233 e. The summed E-state index contributed by atoms with van der Waals surface area (Å²) in [5.41, 5.74) is 8.01. The number of hydrogen-bond acceptors (Lipinski definition) is 3. The van der Waals surface area contributed by atoms with Crippen LogP contribution in [0.25, 0.3) is 0 Å². The Morgan fingerprint density at radius 1 is 1.42 bits per heavy atom. The number of amides is 1. The quantitative estimate of drug-likeness (QED) is 0.738. The highest BCUT2D eigenvalue weighted by molar-refractivity contribution is 5.87. The number of carbonyl (C=O) groups excluding carboxylic acids is 1. The van der Waals surface area contributed by atoms with Crippen molar-refractivity contribution in [2.45, 2.75) is 47.1 Å². The van der Waals surface area contributed by atoms with Gasteiger partial charge >= 0.3 is 0 Å². The fourth-order valence-electron chi connectivity index (χ4n) is 2.76. The van der Waals surface area contributed by atoms with E-state index in [4.69, 9.17) is 5.73 Å². The fourth-order valence-corrected chi connectivity index (χ4v) is 2.76. The van der Waals surface area contributed by atoms with E-state index in [9.17, 15) is 4.79 Å². The smallest absolute Gasteiger partial charge is 0.233 e. The van der Waals surface area contributed by atoms with Crippen LogP contribution < -0.4 is 11.1 Å². The van der Waals surface area contributed by atoms with Crippen LogP contribution in [0.15, 0.2) is 11.3 Å². The SMILES string of the molecule is CCCN1C(=O)C(C)C(C(C)NCC(C)CN)=C1C. The van der Waals surface area contributed by atoms with Gasteiger partial charge in [0.15, 0.2) is 0 Å². The Balaban J connectivity index is 2.76. The molecule has 1 aliphatic rings. The molecule has 4 nitrogen and oxygen atoms in total.